The van der Waals surface area contributed by atoms with Crippen LogP contribution in [0.15, 0.2) is 24.3 Å². The molecule has 0 bridgehead atoms. The van der Waals surface area contributed by atoms with Crippen molar-refractivity contribution in [3.8, 4) is 18.1 Å². The largest absolute Gasteiger partial charge is 0.497 e. The predicted molar refractivity (Wildman–Crippen MR) is 59.3 cm³/mol. The van der Waals surface area contributed by atoms with Gasteiger partial charge in [0.2, 0.25) is 0 Å². The second-order valence-electron chi connectivity index (χ2n) is 3.09. The van der Waals surface area contributed by atoms with Crippen molar-refractivity contribution < 1.29 is 13.2 Å². The third-order valence-corrected chi connectivity index (χ3v) is 3.20. The molecular weight excluding hydrogens is 212 g/mol. The lowest BCUT2D eigenvalue weighted by molar-refractivity contribution is 0.414. The Bertz CT molecular complexity index is 469. The molecule has 0 aliphatic carbocycles. The van der Waals surface area contributed by atoms with Crippen molar-refractivity contribution >= 4 is 9.84 Å². The number of rotatable bonds is 4. The first-order valence-electron chi connectivity index (χ1n) is 4.34. The minimum atomic E-state index is -3.20. The molecule has 15 heavy (non-hydrogen) atoms. The van der Waals surface area contributed by atoms with Crippen LogP contribution in [-0.2, 0) is 15.6 Å². The zero-order valence-corrected chi connectivity index (χ0v) is 9.25. The van der Waals surface area contributed by atoms with Crippen molar-refractivity contribution in [3.63, 3.8) is 0 Å². The van der Waals surface area contributed by atoms with Crippen LogP contribution >= 0.6 is 0 Å². The Morgan fingerprint density at radius 1 is 1.47 bits per heavy atom. The van der Waals surface area contributed by atoms with Crippen molar-refractivity contribution in [3.05, 3.63) is 29.8 Å². The summed E-state index contributed by atoms with van der Waals surface area (Å²) in [6.07, 6.45) is 4.97. The molecule has 1 aromatic rings. The van der Waals surface area contributed by atoms with E-state index in [1.54, 1.807) is 24.3 Å². The zero-order valence-electron chi connectivity index (χ0n) is 8.43. The lowest BCUT2D eigenvalue weighted by Gasteiger charge is -2.03. The molecule has 0 N–H and O–H groups in total. The molecule has 0 aliphatic heterocycles. The predicted octanol–water partition coefficient (Wildman–Crippen LogP) is 1.24. The van der Waals surface area contributed by atoms with Crippen LogP contribution in [0.1, 0.15) is 5.56 Å². The molecule has 0 saturated carbocycles. The van der Waals surface area contributed by atoms with E-state index in [9.17, 15) is 8.42 Å². The average Bonchev–Trinajstić information content (AvgIpc) is 2.17. The Kier molecular flexibility index (Phi) is 3.75. The summed E-state index contributed by atoms with van der Waals surface area (Å²) in [4.78, 5) is 0. The van der Waals surface area contributed by atoms with E-state index in [4.69, 9.17) is 11.2 Å². The summed E-state index contributed by atoms with van der Waals surface area (Å²) >= 11 is 0. The first kappa shape index (κ1) is 11.6. The number of terminal acetylenes is 1. The van der Waals surface area contributed by atoms with Crippen LogP contribution < -0.4 is 4.74 Å². The van der Waals surface area contributed by atoms with Gasteiger partial charge in [0.1, 0.15) is 11.5 Å². The highest BCUT2D eigenvalue weighted by atomic mass is 32.2. The van der Waals surface area contributed by atoms with E-state index in [0.717, 1.165) is 0 Å². The summed E-state index contributed by atoms with van der Waals surface area (Å²) in [7, 11) is -1.66. The van der Waals surface area contributed by atoms with Crippen LogP contribution in [0.25, 0.3) is 0 Å². The van der Waals surface area contributed by atoms with E-state index < -0.39 is 9.84 Å². The van der Waals surface area contributed by atoms with E-state index >= 15 is 0 Å². The number of benzene rings is 1. The molecule has 0 unspecified atom stereocenters. The van der Waals surface area contributed by atoms with Gasteiger partial charge >= 0.3 is 0 Å². The first-order chi connectivity index (χ1) is 7.07. The molecule has 0 radical (unpaired) electrons. The molecule has 1 aromatic carbocycles. The van der Waals surface area contributed by atoms with E-state index in [-0.39, 0.29) is 11.5 Å². The van der Waals surface area contributed by atoms with Crippen LogP contribution in [0, 0.1) is 12.3 Å². The van der Waals surface area contributed by atoms with E-state index in [1.165, 1.54) is 7.11 Å². The Morgan fingerprint density at radius 2 is 2.20 bits per heavy atom. The number of sulfone groups is 1. The van der Waals surface area contributed by atoms with Crippen molar-refractivity contribution in [2.75, 3.05) is 12.9 Å². The quantitative estimate of drug-likeness (QED) is 0.723. The standard InChI is InChI=1S/C11H12O3S/c1-3-7-15(12,13)9-10-5-4-6-11(8-10)14-2/h1,4-6,8H,7,9H2,2H3. The maximum atomic E-state index is 11.4. The maximum absolute atomic E-state index is 11.4. The number of ether oxygens (including phenoxy) is 1. The zero-order chi connectivity index (χ0) is 11.3. The Balaban J connectivity index is 2.86. The van der Waals surface area contributed by atoms with Gasteiger partial charge in [-0.3, -0.25) is 0 Å². The van der Waals surface area contributed by atoms with E-state index in [2.05, 4.69) is 5.92 Å². The SMILES string of the molecule is C#CCS(=O)(=O)Cc1cccc(OC)c1. The van der Waals surface area contributed by atoms with E-state index in [0.29, 0.717) is 11.3 Å². The van der Waals surface area contributed by atoms with Crippen LogP contribution in [0.4, 0.5) is 0 Å². The van der Waals surface area contributed by atoms with Gasteiger partial charge < -0.3 is 4.74 Å². The third kappa shape index (κ3) is 3.64. The van der Waals surface area contributed by atoms with Crippen molar-refractivity contribution in [1.29, 1.82) is 0 Å². The number of hydrogen-bond acceptors (Lipinski definition) is 3. The van der Waals surface area contributed by atoms with Crippen molar-refractivity contribution in [2.24, 2.45) is 0 Å². The van der Waals surface area contributed by atoms with Crippen LogP contribution in [0.5, 0.6) is 5.75 Å². The number of hydrogen-bond donors (Lipinski definition) is 0. The minimum Gasteiger partial charge on any atom is -0.497 e. The fourth-order valence-electron chi connectivity index (χ4n) is 1.19. The van der Waals surface area contributed by atoms with Gasteiger partial charge in [0.05, 0.1) is 12.9 Å². The van der Waals surface area contributed by atoms with E-state index in [1.807, 2.05) is 0 Å². The molecule has 0 spiro atoms. The summed E-state index contributed by atoms with van der Waals surface area (Å²) in [6, 6.07) is 6.93. The van der Waals surface area contributed by atoms with Gasteiger partial charge in [-0.15, -0.1) is 6.42 Å². The average molecular weight is 224 g/mol. The molecule has 0 saturated heterocycles. The summed E-state index contributed by atoms with van der Waals surface area (Å²) in [5.41, 5.74) is 0.685. The summed E-state index contributed by atoms with van der Waals surface area (Å²) < 4.78 is 27.8. The summed E-state index contributed by atoms with van der Waals surface area (Å²) in [5, 5.41) is 0. The highest BCUT2D eigenvalue weighted by Gasteiger charge is 2.10. The number of methoxy groups -OCH3 is 1. The molecule has 0 atom stereocenters. The van der Waals surface area contributed by atoms with Crippen molar-refractivity contribution in [1.82, 2.24) is 0 Å². The highest BCUT2D eigenvalue weighted by molar-refractivity contribution is 7.90. The second kappa shape index (κ2) is 4.85. The van der Waals surface area contributed by atoms with Gasteiger partial charge in [0.25, 0.3) is 0 Å². The van der Waals surface area contributed by atoms with Gasteiger partial charge in [-0.2, -0.15) is 0 Å². The molecule has 80 valence electrons. The second-order valence-corrected chi connectivity index (χ2v) is 5.15. The Hall–Kier alpha value is -1.47. The van der Waals surface area contributed by atoms with Crippen LogP contribution in [0.3, 0.4) is 0 Å². The summed E-state index contributed by atoms with van der Waals surface area (Å²) in [5.74, 6) is 2.50. The topological polar surface area (TPSA) is 43.4 Å². The molecule has 4 heteroatoms. The Morgan fingerprint density at radius 3 is 2.80 bits per heavy atom. The van der Waals surface area contributed by atoms with Crippen LogP contribution in [-0.4, -0.2) is 21.3 Å². The van der Waals surface area contributed by atoms with Crippen molar-refractivity contribution in [2.45, 2.75) is 5.75 Å². The first-order valence-corrected chi connectivity index (χ1v) is 6.16. The minimum absolute atomic E-state index is 0.0472. The van der Waals surface area contributed by atoms with Crippen LogP contribution in [0.2, 0.25) is 0 Å². The molecular formula is C11H12O3S. The van der Waals surface area contributed by atoms with Gasteiger partial charge in [0.15, 0.2) is 9.84 Å². The fraction of sp³-hybridized carbons (Fsp3) is 0.273. The highest BCUT2D eigenvalue weighted by Crippen LogP contribution is 2.14. The molecule has 0 aliphatic rings. The van der Waals surface area contributed by atoms with Gasteiger partial charge in [-0.05, 0) is 17.7 Å². The fourth-order valence-corrected chi connectivity index (χ4v) is 2.24. The monoisotopic (exact) mass is 224 g/mol. The molecule has 3 nitrogen and oxygen atoms in total. The molecule has 0 aromatic heterocycles. The molecule has 0 heterocycles. The maximum Gasteiger partial charge on any atom is 0.165 e. The van der Waals surface area contributed by atoms with Gasteiger partial charge in [-0.25, -0.2) is 8.42 Å². The normalized spacial score (nSPS) is 10.7. The molecule has 1 rings (SSSR count). The lowest BCUT2D eigenvalue weighted by Crippen LogP contribution is -2.07. The Labute approximate surface area is 90.0 Å². The lowest BCUT2D eigenvalue weighted by atomic mass is 10.2. The smallest absolute Gasteiger partial charge is 0.165 e. The van der Waals surface area contributed by atoms with Gasteiger partial charge in [0, 0.05) is 0 Å². The molecule has 0 amide bonds. The third-order valence-electron chi connectivity index (χ3n) is 1.82. The van der Waals surface area contributed by atoms with Gasteiger partial charge in [-0.1, -0.05) is 18.1 Å². The molecule has 0 fully saturated rings. The summed E-state index contributed by atoms with van der Waals surface area (Å²) in [6.45, 7) is 0.